The van der Waals surface area contributed by atoms with E-state index in [-0.39, 0.29) is 5.91 Å². The van der Waals surface area contributed by atoms with Crippen molar-refractivity contribution in [3.8, 4) is 0 Å². The largest absolute Gasteiger partial charge is 0.372 e. The highest BCUT2D eigenvalue weighted by molar-refractivity contribution is 8.18. The monoisotopic (exact) mass is 393 g/mol. The second-order valence-corrected chi connectivity index (χ2v) is 7.57. The molecule has 146 valence electrons. The van der Waals surface area contributed by atoms with Crippen molar-refractivity contribution in [1.29, 1.82) is 0 Å². The van der Waals surface area contributed by atoms with Gasteiger partial charge in [0.25, 0.3) is 5.91 Å². The lowest BCUT2D eigenvalue weighted by atomic mass is 10.1. The third kappa shape index (κ3) is 4.65. The van der Waals surface area contributed by atoms with Crippen LogP contribution in [0.25, 0.3) is 6.08 Å². The van der Waals surface area contributed by atoms with E-state index in [4.69, 9.17) is 4.99 Å². The summed E-state index contributed by atoms with van der Waals surface area (Å²) in [6.07, 6.45) is 2.86. The van der Waals surface area contributed by atoms with Crippen LogP contribution in [0.5, 0.6) is 0 Å². The number of hydrogen-bond acceptors (Lipinski definition) is 4. The van der Waals surface area contributed by atoms with Gasteiger partial charge in [-0.3, -0.25) is 9.69 Å². The van der Waals surface area contributed by atoms with Crippen molar-refractivity contribution in [3.05, 3.63) is 65.1 Å². The summed E-state index contributed by atoms with van der Waals surface area (Å²) in [5, 5.41) is 0.754. The van der Waals surface area contributed by atoms with Crippen molar-refractivity contribution in [3.63, 3.8) is 0 Å². The number of para-hydroxylation sites is 1. The van der Waals surface area contributed by atoms with Crippen LogP contribution in [-0.2, 0) is 4.79 Å². The topological polar surface area (TPSA) is 35.9 Å². The first-order chi connectivity index (χ1) is 13.7. The highest BCUT2D eigenvalue weighted by Gasteiger charge is 2.32. The van der Waals surface area contributed by atoms with E-state index < -0.39 is 0 Å². The average Bonchev–Trinajstić information content (AvgIpc) is 3.00. The summed E-state index contributed by atoms with van der Waals surface area (Å²) in [5.41, 5.74) is 3.10. The summed E-state index contributed by atoms with van der Waals surface area (Å²) in [5.74, 6) is 0.0364. The number of nitrogens with zero attached hydrogens (tertiary/aromatic N) is 3. The van der Waals surface area contributed by atoms with Crippen LogP contribution in [0, 0.1) is 0 Å². The molecule has 0 bridgehead atoms. The van der Waals surface area contributed by atoms with E-state index in [1.165, 1.54) is 17.4 Å². The van der Waals surface area contributed by atoms with Crippen LogP contribution < -0.4 is 4.90 Å². The summed E-state index contributed by atoms with van der Waals surface area (Å²) in [6.45, 7) is 9.03. The smallest absolute Gasteiger partial charge is 0.266 e. The highest BCUT2D eigenvalue weighted by atomic mass is 32.2. The summed E-state index contributed by atoms with van der Waals surface area (Å²) < 4.78 is 0. The van der Waals surface area contributed by atoms with Gasteiger partial charge in [0.1, 0.15) is 0 Å². The minimum Gasteiger partial charge on any atom is -0.372 e. The second kappa shape index (κ2) is 9.60. The van der Waals surface area contributed by atoms with Gasteiger partial charge in [0, 0.05) is 25.3 Å². The summed E-state index contributed by atoms with van der Waals surface area (Å²) in [4.78, 5) is 22.4. The SMILES string of the molecule is CCCN1C(=O)/C(=C\c2ccc(N(CC)CC)cc2)SC1=Nc1ccccc1. The van der Waals surface area contributed by atoms with E-state index in [0.29, 0.717) is 6.54 Å². The fourth-order valence-electron chi connectivity index (χ4n) is 3.15. The number of hydrogen-bond donors (Lipinski definition) is 0. The Hall–Kier alpha value is -2.53. The Bertz CT molecular complexity index is 855. The van der Waals surface area contributed by atoms with Gasteiger partial charge < -0.3 is 4.90 Å². The first-order valence-corrected chi connectivity index (χ1v) is 10.7. The predicted octanol–water partition coefficient (Wildman–Crippen LogP) is 5.55. The van der Waals surface area contributed by atoms with Crippen LogP contribution in [0.1, 0.15) is 32.8 Å². The standard InChI is InChI=1S/C23H27N3OS/c1-4-16-26-22(27)21(28-23(26)24-19-10-8-7-9-11-19)17-18-12-14-20(15-13-18)25(5-2)6-3/h7-15,17H,4-6,16H2,1-3H3/b21-17+,24-23?. The second-order valence-electron chi connectivity index (χ2n) is 6.56. The van der Waals surface area contributed by atoms with Crippen LogP contribution in [0.2, 0.25) is 0 Å². The zero-order valence-electron chi connectivity index (χ0n) is 16.8. The Balaban J connectivity index is 1.85. The molecule has 0 atom stereocenters. The normalized spacial score (nSPS) is 17.0. The molecule has 1 aliphatic rings. The summed E-state index contributed by atoms with van der Waals surface area (Å²) in [7, 11) is 0. The van der Waals surface area contributed by atoms with Gasteiger partial charge in [-0.25, -0.2) is 4.99 Å². The van der Waals surface area contributed by atoms with E-state index in [2.05, 4.69) is 49.9 Å². The van der Waals surface area contributed by atoms with Crippen LogP contribution >= 0.6 is 11.8 Å². The van der Waals surface area contributed by atoms with Crippen LogP contribution in [0.15, 0.2) is 64.5 Å². The zero-order chi connectivity index (χ0) is 19.9. The number of carbonyl (C=O) groups is 1. The first kappa shape index (κ1) is 20.2. The number of amides is 1. The van der Waals surface area contributed by atoms with Gasteiger partial charge in [0.15, 0.2) is 5.17 Å². The summed E-state index contributed by atoms with van der Waals surface area (Å²) in [6, 6.07) is 18.2. The van der Waals surface area contributed by atoms with Crippen molar-refractivity contribution >= 4 is 40.3 Å². The fourth-order valence-corrected chi connectivity index (χ4v) is 4.17. The molecule has 1 amide bonds. The molecule has 1 fully saturated rings. The molecule has 4 nitrogen and oxygen atoms in total. The molecule has 5 heteroatoms. The number of rotatable bonds is 7. The minimum atomic E-state index is 0.0364. The average molecular weight is 394 g/mol. The molecule has 1 aliphatic heterocycles. The molecule has 0 saturated carbocycles. The van der Waals surface area contributed by atoms with Gasteiger partial charge in [-0.15, -0.1) is 0 Å². The number of aliphatic imine (C=N–C) groups is 1. The minimum absolute atomic E-state index is 0.0364. The highest BCUT2D eigenvalue weighted by Crippen LogP contribution is 2.34. The lowest BCUT2D eigenvalue weighted by molar-refractivity contribution is -0.122. The van der Waals surface area contributed by atoms with E-state index in [1.807, 2.05) is 36.4 Å². The molecule has 1 saturated heterocycles. The Kier molecular flexibility index (Phi) is 6.93. The summed E-state index contributed by atoms with van der Waals surface area (Å²) >= 11 is 1.45. The maximum absolute atomic E-state index is 12.9. The van der Waals surface area contributed by atoms with Crippen LogP contribution in [0.3, 0.4) is 0 Å². The third-order valence-corrected chi connectivity index (χ3v) is 5.64. The quantitative estimate of drug-likeness (QED) is 0.579. The van der Waals surface area contributed by atoms with Crippen molar-refractivity contribution in [1.82, 2.24) is 4.90 Å². The van der Waals surface area contributed by atoms with Crippen molar-refractivity contribution in [2.45, 2.75) is 27.2 Å². The third-order valence-electron chi connectivity index (χ3n) is 4.64. The first-order valence-electron chi connectivity index (χ1n) is 9.86. The van der Waals surface area contributed by atoms with Crippen molar-refractivity contribution < 1.29 is 4.79 Å². The number of carbonyl (C=O) groups excluding carboxylic acids is 1. The van der Waals surface area contributed by atoms with Gasteiger partial charge in [-0.2, -0.15) is 0 Å². The number of benzene rings is 2. The molecular weight excluding hydrogens is 366 g/mol. The molecule has 0 unspecified atom stereocenters. The maximum atomic E-state index is 12.9. The molecule has 1 heterocycles. The van der Waals surface area contributed by atoms with Gasteiger partial charge in [0.05, 0.1) is 10.6 Å². The molecule has 0 aliphatic carbocycles. The predicted molar refractivity (Wildman–Crippen MR) is 121 cm³/mol. The van der Waals surface area contributed by atoms with E-state index in [0.717, 1.165) is 40.8 Å². The van der Waals surface area contributed by atoms with Gasteiger partial charge in [-0.1, -0.05) is 37.3 Å². The van der Waals surface area contributed by atoms with Crippen molar-refractivity contribution in [2.24, 2.45) is 4.99 Å². The lowest BCUT2D eigenvalue weighted by Gasteiger charge is -2.20. The number of amidine groups is 1. The van der Waals surface area contributed by atoms with Crippen LogP contribution in [0.4, 0.5) is 11.4 Å². The molecule has 0 radical (unpaired) electrons. The lowest BCUT2D eigenvalue weighted by Crippen LogP contribution is -2.29. The zero-order valence-corrected chi connectivity index (χ0v) is 17.6. The molecule has 2 aromatic rings. The molecule has 3 rings (SSSR count). The van der Waals surface area contributed by atoms with Gasteiger partial charge in [0.2, 0.25) is 0 Å². The maximum Gasteiger partial charge on any atom is 0.266 e. The van der Waals surface area contributed by atoms with E-state index in [9.17, 15) is 4.79 Å². The molecule has 0 N–H and O–H groups in total. The Morgan fingerprint density at radius 3 is 2.29 bits per heavy atom. The molecule has 2 aromatic carbocycles. The number of thioether (sulfide) groups is 1. The Morgan fingerprint density at radius 1 is 1.00 bits per heavy atom. The number of anilines is 1. The van der Waals surface area contributed by atoms with E-state index in [1.54, 1.807) is 4.90 Å². The Morgan fingerprint density at radius 2 is 1.68 bits per heavy atom. The molecule has 28 heavy (non-hydrogen) atoms. The molecular formula is C23H27N3OS. The van der Waals surface area contributed by atoms with Gasteiger partial charge >= 0.3 is 0 Å². The van der Waals surface area contributed by atoms with Crippen molar-refractivity contribution in [2.75, 3.05) is 24.5 Å². The van der Waals surface area contributed by atoms with E-state index >= 15 is 0 Å². The fraction of sp³-hybridized carbons (Fsp3) is 0.304. The molecule has 0 aromatic heterocycles. The van der Waals surface area contributed by atoms with Crippen LogP contribution in [-0.4, -0.2) is 35.6 Å². The van der Waals surface area contributed by atoms with Gasteiger partial charge in [-0.05, 0) is 67.9 Å². The Labute approximate surface area is 172 Å². The molecule has 0 spiro atoms.